The lowest BCUT2D eigenvalue weighted by Gasteiger charge is -2.49. The third kappa shape index (κ3) is 5.26. The van der Waals surface area contributed by atoms with Crippen LogP contribution in [-0.4, -0.2) is 82.9 Å². The van der Waals surface area contributed by atoms with E-state index in [0.29, 0.717) is 29.3 Å². The Morgan fingerprint density at radius 1 is 1.34 bits per heavy atom. The van der Waals surface area contributed by atoms with E-state index < -0.39 is 41.1 Å². The van der Waals surface area contributed by atoms with Gasteiger partial charge in [0.05, 0.1) is 6.54 Å². The number of aliphatic carboxylic acids is 1. The summed E-state index contributed by atoms with van der Waals surface area (Å²) in [5.41, 5.74) is 12.5. The summed E-state index contributed by atoms with van der Waals surface area (Å²) in [6.07, 6.45) is 7.17. The summed E-state index contributed by atoms with van der Waals surface area (Å²) in [4.78, 5) is 49.8. The molecular weight excluding hydrogens is 496 g/mol. The highest BCUT2D eigenvalue weighted by Crippen LogP contribution is 2.41. The summed E-state index contributed by atoms with van der Waals surface area (Å²) in [6, 6.07) is -1.71. The summed E-state index contributed by atoms with van der Waals surface area (Å²) < 4.78 is 1.41. The molecule has 1 fully saturated rings. The van der Waals surface area contributed by atoms with E-state index in [1.807, 2.05) is 18.2 Å². The van der Waals surface area contributed by atoms with Crippen LogP contribution < -0.4 is 16.8 Å². The number of hydrogen-bond donors (Lipinski definition) is 4. The first-order chi connectivity index (χ1) is 16.8. The quantitative estimate of drug-likeness (QED) is 0.167. The van der Waals surface area contributed by atoms with Crippen LogP contribution in [0.15, 0.2) is 40.2 Å². The van der Waals surface area contributed by atoms with Gasteiger partial charge < -0.3 is 21.9 Å². The number of nitrogens with zero attached hydrogens (tertiary/aromatic N) is 5. The Hall–Kier alpha value is -3.17. The first-order valence-corrected chi connectivity index (χ1v) is 12.8. The van der Waals surface area contributed by atoms with E-state index in [9.17, 15) is 24.3 Å². The Morgan fingerprint density at radius 2 is 2.14 bits per heavy atom. The number of carbonyl (C=O) groups excluding carboxylic acids is 3. The maximum atomic E-state index is 12.9. The number of allylic oxidation sites excluding steroid dienone is 3. The smallest absolute Gasteiger partial charge is 0.352 e. The van der Waals surface area contributed by atoms with Crippen LogP contribution in [0.4, 0.5) is 0 Å². The molecule has 3 unspecified atom stereocenters. The number of primary amides is 1. The van der Waals surface area contributed by atoms with Gasteiger partial charge in [-0.1, -0.05) is 30.0 Å². The number of rotatable bonds is 10. The molecular formula is C20H24N8O5S2. The number of nitrogens with two attached hydrogens (primary N) is 2. The van der Waals surface area contributed by atoms with Crippen LogP contribution >= 0.6 is 23.5 Å². The topological polar surface area (TPSA) is 199 Å². The van der Waals surface area contributed by atoms with Crippen molar-refractivity contribution in [2.45, 2.75) is 48.4 Å². The van der Waals surface area contributed by atoms with Crippen LogP contribution in [0.1, 0.15) is 19.3 Å². The number of aryl methyl sites for hydroxylation is 1. The van der Waals surface area contributed by atoms with Gasteiger partial charge in [0.1, 0.15) is 23.2 Å². The van der Waals surface area contributed by atoms with Gasteiger partial charge in [-0.05, 0) is 34.4 Å². The molecule has 0 bridgehead atoms. The predicted molar refractivity (Wildman–Crippen MR) is 126 cm³/mol. The van der Waals surface area contributed by atoms with Crippen LogP contribution in [0.5, 0.6) is 0 Å². The molecule has 3 heterocycles. The lowest BCUT2D eigenvalue weighted by atomic mass is 9.97. The molecule has 3 amide bonds. The molecule has 6 N–H and O–H groups in total. The molecule has 1 aliphatic carbocycles. The number of nitrogens with one attached hydrogen (secondary N) is 1. The number of carbonyl (C=O) groups is 4. The average Bonchev–Trinajstić information content (AvgIpc) is 3.31. The normalized spacial score (nSPS) is 22.3. The highest BCUT2D eigenvalue weighted by molar-refractivity contribution is 8.01. The minimum absolute atomic E-state index is 0.0617. The molecule has 15 heteroatoms. The fourth-order valence-electron chi connectivity index (χ4n) is 3.89. The molecule has 3 atom stereocenters. The van der Waals surface area contributed by atoms with Gasteiger partial charge in [-0.3, -0.25) is 19.3 Å². The minimum atomic E-state index is -1.23. The van der Waals surface area contributed by atoms with E-state index in [4.69, 9.17) is 11.5 Å². The van der Waals surface area contributed by atoms with Crippen molar-refractivity contribution < 1.29 is 24.3 Å². The Bertz CT molecular complexity index is 1150. The SMILES string of the molecule is NC(=O)CCn1nnnc1SCC1=C(C(=O)O)N2C(=O)C(NC(=O)C(N)C3=CCC=CC3)C2SC1. The monoisotopic (exact) mass is 520 g/mol. The molecule has 1 aromatic rings. The third-order valence-corrected chi connectivity index (χ3v) is 8.09. The van der Waals surface area contributed by atoms with Crippen LogP contribution in [0.2, 0.25) is 0 Å². The first kappa shape index (κ1) is 24.9. The largest absolute Gasteiger partial charge is 0.477 e. The number of aromatic nitrogens is 4. The number of carboxylic acids is 1. The molecule has 13 nitrogen and oxygen atoms in total. The van der Waals surface area contributed by atoms with Gasteiger partial charge in [0, 0.05) is 17.9 Å². The van der Waals surface area contributed by atoms with Crippen molar-refractivity contribution in [3.8, 4) is 0 Å². The summed E-state index contributed by atoms with van der Waals surface area (Å²) in [5.74, 6) is -2.10. The van der Waals surface area contributed by atoms with Gasteiger partial charge >= 0.3 is 5.97 Å². The highest BCUT2D eigenvalue weighted by atomic mass is 32.2. The molecule has 3 aliphatic rings. The zero-order valence-electron chi connectivity index (χ0n) is 18.5. The fourth-order valence-corrected chi connectivity index (χ4v) is 6.27. The maximum absolute atomic E-state index is 12.9. The van der Waals surface area contributed by atoms with Crippen LogP contribution in [0.3, 0.4) is 0 Å². The van der Waals surface area contributed by atoms with Crippen molar-refractivity contribution in [1.82, 2.24) is 30.4 Å². The summed E-state index contributed by atoms with van der Waals surface area (Å²) in [7, 11) is 0. The highest BCUT2D eigenvalue weighted by Gasteiger charge is 2.54. The number of β-lactam (4-membered cyclic amide) rings is 1. The van der Waals surface area contributed by atoms with Crippen LogP contribution in [0, 0.1) is 0 Å². The third-order valence-electron chi connectivity index (χ3n) is 5.71. The van der Waals surface area contributed by atoms with Gasteiger partial charge in [0.15, 0.2) is 0 Å². The molecule has 2 aliphatic heterocycles. The number of carboxylic acid groups (broad SMARTS) is 1. The number of amides is 3. The zero-order valence-corrected chi connectivity index (χ0v) is 20.1. The molecule has 0 aromatic carbocycles. The Balaban J connectivity index is 1.42. The van der Waals surface area contributed by atoms with E-state index in [1.54, 1.807) is 0 Å². The lowest BCUT2D eigenvalue weighted by Crippen LogP contribution is -2.71. The summed E-state index contributed by atoms with van der Waals surface area (Å²) in [6.45, 7) is 0.202. The molecule has 0 radical (unpaired) electrons. The van der Waals surface area contributed by atoms with Gasteiger partial charge in [-0.25, -0.2) is 9.48 Å². The average molecular weight is 521 g/mol. The molecule has 4 rings (SSSR count). The number of hydrogen-bond acceptors (Lipinski definition) is 10. The van der Waals surface area contributed by atoms with Crippen molar-refractivity contribution >= 4 is 47.2 Å². The van der Waals surface area contributed by atoms with Crippen LogP contribution in [0.25, 0.3) is 0 Å². The number of thioether (sulfide) groups is 2. The summed E-state index contributed by atoms with van der Waals surface area (Å²) in [5, 5.41) is 23.7. The fraction of sp³-hybridized carbons (Fsp3) is 0.450. The second-order valence-electron chi connectivity index (χ2n) is 8.01. The van der Waals surface area contributed by atoms with Crippen molar-refractivity contribution in [3.05, 3.63) is 35.1 Å². The van der Waals surface area contributed by atoms with Crippen molar-refractivity contribution in [2.24, 2.45) is 11.5 Å². The van der Waals surface area contributed by atoms with Gasteiger partial charge in [-0.2, -0.15) is 0 Å². The van der Waals surface area contributed by atoms with E-state index in [-0.39, 0.29) is 24.4 Å². The molecule has 1 saturated heterocycles. The van der Waals surface area contributed by atoms with Crippen LogP contribution in [-0.2, 0) is 25.7 Å². The van der Waals surface area contributed by atoms with E-state index >= 15 is 0 Å². The lowest BCUT2D eigenvalue weighted by molar-refractivity contribution is -0.150. The second kappa shape index (κ2) is 10.6. The number of fused-ring (bicyclic) bond motifs is 1. The minimum Gasteiger partial charge on any atom is -0.477 e. The number of tetrazole rings is 1. The molecule has 186 valence electrons. The molecule has 35 heavy (non-hydrogen) atoms. The van der Waals surface area contributed by atoms with Gasteiger partial charge in [0.2, 0.25) is 17.0 Å². The summed E-state index contributed by atoms with van der Waals surface area (Å²) >= 11 is 2.57. The van der Waals surface area contributed by atoms with E-state index in [2.05, 4.69) is 20.8 Å². The molecule has 0 saturated carbocycles. The Labute approximate surface area is 208 Å². The molecule has 0 spiro atoms. The predicted octanol–water partition coefficient (Wildman–Crippen LogP) is -1.02. The Kier molecular flexibility index (Phi) is 7.57. The first-order valence-electron chi connectivity index (χ1n) is 10.7. The zero-order chi connectivity index (χ0) is 25.1. The van der Waals surface area contributed by atoms with Gasteiger partial charge in [0.25, 0.3) is 5.91 Å². The van der Waals surface area contributed by atoms with Crippen molar-refractivity contribution in [3.63, 3.8) is 0 Å². The van der Waals surface area contributed by atoms with Crippen molar-refractivity contribution in [2.75, 3.05) is 11.5 Å². The van der Waals surface area contributed by atoms with Crippen molar-refractivity contribution in [1.29, 1.82) is 0 Å². The Morgan fingerprint density at radius 3 is 2.83 bits per heavy atom. The van der Waals surface area contributed by atoms with E-state index in [1.165, 1.54) is 33.1 Å². The van der Waals surface area contributed by atoms with E-state index in [0.717, 1.165) is 5.57 Å². The standard InChI is InChI=1S/C20H24N8O5S2/c21-12(29)6-7-27-20(24-25-26-27)35-9-11-8-34-18-14(17(31)28(18)15(11)19(32)33)23-16(30)13(22)10-4-2-1-3-5-10/h1-2,5,13-14,18H,3-4,6-9,22H2,(H2,21,29)(H,23,30)(H,32,33). The molecule has 1 aromatic heterocycles. The maximum Gasteiger partial charge on any atom is 0.352 e. The van der Waals surface area contributed by atoms with Gasteiger partial charge in [-0.15, -0.1) is 16.9 Å². The second-order valence-corrected chi connectivity index (χ2v) is 10.1.